The van der Waals surface area contributed by atoms with E-state index in [9.17, 15) is 18.7 Å². The molecule has 0 spiro atoms. The number of aliphatic hydroxyl groups is 1. The van der Waals surface area contributed by atoms with Crippen LogP contribution in [-0.4, -0.2) is 31.1 Å². The van der Waals surface area contributed by atoms with Crippen LogP contribution in [0.4, 0.5) is 8.78 Å². The maximum Gasteiger partial charge on any atom is 0.159 e. The molecular formula is C25H26F2N2O3. The fourth-order valence-corrected chi connectivity index (χ4v) is 5.45. The zero-order valence-corrected chi connectivity index (χ0v) is 17.9. The molecule has 7 heteroatoms. The Balaban J connectivity index is 1.64. The Kier molecular flexibility index (Phi) is 6.27. The molecule has 2 aliphatic rings. The molecule has 1 saturated carbocycles. The molecule has 5 nitrogen and oxygen atoms in total. The number of halogens is 2. The third-order valence-corrected chi connectivity index (χ3v) is 7.00. The number of ether oxygens (including phenoxy) is 1. The van der Waals surface area contributed by atoms with Gasteiger partial charge >= 0.3 is 0 Å². The summed E-state index contributed by atoms with van der Waals surface area (Å²) in [6, 6.07) is 11.2. The summed E-state index contributed by atoms with van der Waals surface area (Å²) in [6.07, 6.45) is 0.632. The van der Waals surface area contributed by atoms with Crippen molar-refractivity contribution in [2.24, 2.45) is 17.8 Å². The van der Waals surface area contributed by atoms with Gasteiger partial charge in [-0.05, 0) is 54.6 Å². The van der Waals surface area contributed by atoms with Crippen LogP contribution >= 0.6 is 0 Å². The summed E-state index contributed by atoms with van der Waals surface area (Å²) in [5.74, 6) is -2.04. The van der Waals surface area contributed by atoms with Gasteiger partial charge in [-0.2, -0.15) is 5.26 Å². The highest BCUT2D eigenvalue weighted by Crippen LogP contribution is 2.51. The Labute approximate surface area is 186 Å². The van der Waals surface area contributed by atoms with E-state index in [4.69, 9.17) is 10.00 Å². The molecule has 32 heavy (non-hydrogen) atoms. The normalized spacial score (nSPS) is 26.9. The molecule has 1 aliphatic carbocycles. The highest BCUT2D eigenvalue weighted by atomic mass is 19.2. The summed E-state index contributed by atoms with van der Waals surface area (Å²) < 4.78 is 33.0. The first-order valence-corrected chi connectivity index (χ1v) is 10.8. The standard InChI is InChI=1S/C25H26F2N2O3/c1-32-24-5-3-2-4-19(24)25(31)12-17(8-18-13-29-14-20(18)25)23(30)11-16-10-22(27)21(26)9-15(16)6-7-28/h2-5,9-10,17-18,20,29,31H,6,8,11-14H2,1H3/t17-,18-,20+,25+/m0/s1. The van der Waals surface area contributed by atoms with Gasteiger partial charge in [-0.1, -0.05) is 18.2 Å². The highest BCUT2D eigenvalue weighted by Gasteiger charge is 2.52. The van der Waals surface area contributed by atoms with E-state index in [0.29, 0.717) is 42.0 Å². The van der Waals surface area contributed by atoms with Crippen molar-refractivity contribution in [2.75, 3.05) is 20.2 Å². The summed E-state index contributed by atoms with van der Waals surface area (Å²) in [7, 11) is 1.55. The molecule has 0 radical (unpaired) electrons. The summed E-state index contributed by atoms with van der Waals surface area (Å²) in [5, 5.41) is 24.3. The average Bonchev–Trinajstić information content (AvgIpc) is 3.27. The number of nitriles is 1. The van der Waals surface area contributed by atoms with Crippen LogP contribution in [0.5, 0.6) is 5.75 Å². The molecule has 0 bridgehead atoms. The van der Waals surface area contributed by atoms with Gasteiger partial charge in [-0.15, -0.1) is 0 Å². The molecule has 0 amide bonds. The van der Waals surface area contributed by atoms with E-state index in [1.54, 1.807) is 13.2 Å². The van der Waals surface area contributed by atoms with E-state index < -0.39 is 23.2 Å². The van der Waals surface area contributed by atoms with E-state index in [1.165, 1.54) is 0 Å². The first kappa shape index (κ1) is 22.4. The number of nitrogens with zero attached hydrogens (tertiary/aromatic N) is 1. The highest BCUT2D eigenvalue weighted by molar-refractivity contribution is 5.84. The van der Waals surface area contributed by atoms with E-state index >= 15 is 0 Å². The van der Waals surface area contributed by atoms with Gasteiger partial charge in [0.05, 0.1) is 25.2 Å². The van der Waals surface area contributed by atoms with Crippen molar-refractivity contribution < 1.29 is 23.4 Å². The van der Waals surface area contributed by atoms with Gasteiger partial charge < -0.3 is 15.2 Å². The number of rotatable bonds is 6. The summed E-state index contributed by atoms with van der Waals surface area (Å²) in [6.45, 7) is 1.35. The Morgan fingerprint density at radius 3 is 2.69 bits per heavy atom. The second-order valence-electron chi connectivity index (χ2n) is 8.80. The molecule has 2 aromatic rings. The van der Waals surface area contributed by atoms with E-state index in [1.807, 2.05) is 24.3 Å². The van der Waals surface area contributed by atoms with Crippen LogP contribution in [0.1, 0.15) is 29.5 Å². The second kappa shape index (κ2) is 8.97. The van der Waals surface area contributed by atoms with Crippen molar-refractivity contribution in [2.45, 2.75) is 31.3 Å². The monoisotopic (exact) mass is 440 g/mol. The average molecular weight is 440 g/mol. The number of Topliss-reactive ketones (excluding diaryl/α,β-unsaturated/α-hetero) is 1. The number of ketones is 1. The first-order chi connectivity index (χ1) is 15.4. The summed E-state index contributed by atoms with van der Waals surface area (Å²) >= 11 is 0. The van der Waals surface area contributed by atoms with Crippen LogP contribution in [0.3, 0.4) is 0 Å². The fraction of sp³-hybridized carbons (Fsp3) is 0.440. The van der Waals surface area contributed by atoms with E-state index in [2.05, 4.69) is 5.32 Å². The fourth-order valence-electron chi connectivity index (χ4n) is 5.45. The van der Waals surface area contributed by atoms with Crippen molar-refractivity contribution in [3.8, 4) is 11.8 Å². The number of benzene rings is 2. The maximum atomic E-state index is 13.9. The molecule has 0 unspecified atom stereocenters. The number of hydrogen-bond donors (Lipinski definition) is 2. The predicted octanol–water partition coefficient (Wildman–Crippen LogP) is 3.28. The summed E-state index contributed by atoms with van der Waals surface area (Å²) in [4.78, 5) is 13.3. The topological polar surface area (TPSA) is 82.3 Å². The zero-order valence-electron chi connectivity index (χ0n) is 17.9. The minimum absolute atomic E-state index is 0.0553. The van der Waals surface area contributed by atoms with Crippen molar-refractivity contribution in [3.05, 3.63) is 64.7 Å². The SMILES string of the molecule is COc1ccccc1[C@]1(O)C[C@@H](C(=O)Cc2cc(F)c(F)cc2CC#N)C[C@H]2CNC[C@H]21. The molecule has 2 aromatic carbocycles. The Hall–Kier alpha value is -2.82. The van der Waals surface area contributed by atoms with Gasteiger partial charge in [0.15, 0.2) is 11.6 Å². The van der Waals surface area contributed by atoms with Crippen LogP contribution in [0.25, 0.3) is 0 Å². The molecule has 4 atom stereocenters. The molecule has 168 valence electrons. The molecule has 4 rings (SSSR count). The van der Waals surface area contributed by atoms with Crippen molar-refractivity contribution in [3.63, 3.8) is 0 Å². The van der Waals surface area contributed by atoms with Crippen molar-refractivity contribution in [1.82, 2.24) is 5.32 Å². The lowest BCUT2D eigenvalue weighted by Crippen LogP contribution is -2.47. The number of methoxy groups -OCH3 is 1. The second-order valence-corrected chi connectivity index (χ2v) is 8.80. The van der Waals surface area contributed by atoms with Gasteiger partial charge in [0, 0.05) is 30.4 Å². The molecule has 0 aromatic heterocycles. The Bertz CT molecular complexity index is 1070. The predicted molar refractivity (Wildman–Crippen MR) is 114 cm³/mol. The molecule has 2 fully saturated rings. The van der Waals surface area contributed by atoms with Crippen LogP contribution in [0.2, 0.25) is 0 Å². The number of fused-ring (bicyclic) bond motifs is 1. The van der Waals surface area contributed by atoms with E-state index in [-0.39, 0.29) is 36.9 Å². The molecule has 2 N–H and O–H groups in total. The van der Waals surface area contributed by atoms with Gasteiger partial charge in [-0.25, -0.2) is 8.78 Å². The summed E-state index contributed by atoms with van der Waals surface area (Å²) in [5.41, 5.74) is 0.0543. The van der Waals surface area contributed by atoms with Crippen LogP contribution < -0.4 is 10.1 Å². The number of hydrogen-bond acceptors (Lipinski definition) is 5. The third kappa shape index (κ3) is 4.01. The number of carbonyl (C=O) groups is 1. The molecular weight excluding hydrogens is 414 g/mol. The van der Waals surface area contributed by atoms with Gasteiger partial charge in [0.2, 0.25) is 0 Å². The number of para-hydroxylation sites is 1. The van der Waals surface area contributed by atoms with Crippen LogP contribution in [0, 0.1) is 40.7 Å². The quantitative estimate of drug-likeness (QED) is 0.721. The smallest absolute Gasteiger partial charge is 0.159 e. The minimum atomic E-state index is -1.25. The number of carbonyl (C=O) groups excluding carboxylic acids is 1. The lowest BCUT2D eigenvalue weighted by molar-refractivity contribution is -0.134. The molecule has 1 saturated heterocycles. The van der Waals surface area contributed by atoms with Gasteiger partial charge in [-0.3, -0.25) is 4.79 Å². The largest absolute Gasteiger partial charge is 0.496 e. The van der Waals surface area contributed by atoms with Gasteiger partial charge in [0.25, 0.3) is 0 Å². The van der Waals surface area contributed by atoms with Crippen molar-refractivity contribution in [1.29, 1.82) is 5.26 Å². The Morgan fingerprint density at radius 1 is 1.25 bits per heavy atom. The number of nitrogens with one attached hydrogen (secondary N) is 1. The van der Waals surface area contributed by atoms with Gasteiger partial charge in [0.1, 0.15) is 11.5 Å². The van der Waals surface area contributed by atoms with Crippen LogP contribution in [0.15, 0.2) is 36.4 Å². The lowest BCUT2D eigenvalue weighted by atomic mass is 9.62. The zero-order chi connectivity index (χ0) is 22.9. The van der Waals surface area contributed by atoms with E-state index in [0.717, 1.165) is 12.1 Å². The van der Waals surface area contributed by atoms with Crippen molar-refractivity contribution >= 4 is 5.78 Å². The Morgan fingerprint density at radius 2 is 1.97 bits per heavy atom. The molecule has 1 aliphatic heterocycles. The lowest BCUT2D eigenvalue weighted by Gasteiger charge is -2.45. The third-order valence-electron chi connectivity index (χ3n) is 7.00. The first-order valence-electron chi connectivity index (χ1n) is 10.8. The van der Waals surface area contributed by atoms with Crippen LogP contribution in [-0.2, 0) is 23.2 Å². The maximum absolute atomic E-state index is 13.9. The minimum Gasteiger partial charge on any atom is -0.496 e. The molecule has 1 heterocycles.